The van der Waals surface area contributed by atoms with E-state index in [1.54, 1.807) is 6.92 Å². The van der Waals surface area contributed by atoms with Crippen LogP contribution in [0.15, 0.2) is 30.3 Å². The van der Waals surface area contributed by atoms with Gasteiger partial charge in [-0.25, -0.2) is 0 Å². The molecule has 0 heterocycles. The van der Waals surface area contributed by atoms with Crippen LogP contribution in [0.5, 0.6) is 0 Å². The Bertz CT molecular complexity index is 285. The van der Waals surface area contributed by atoms with Crippen LogP contribution >= 0.6 is 0 Å². The SMILES string of the molecule is CC(O)C(OC(C)(C)C)c1ccccc1. The molecule has 0 amide bonds. The highest BCUT2D eigenvalue weighted by molar-refractivity contribution is 5.18. The Morgan fingerprint density at radius 1 is 1.13 bits per heavy atom. The van der Waals surface area contributed by atoms with E-state index in [2.05, 4.69) is 0 Å². The Kier molecular flexibility index (Phi) is 3.89. The third kappa shape index (κ3) is 4.02. The van der Waals surface area contributed by atoms with Gasteiger partial charge >= 0.3 is 0 Å². The highest BCUT2D eigenvalue weighted by atomic mass is 16.5. The van der Waals surface area contributed by atoms with E-state index >= 15 is 0 Å². The molecule has 0 spiro atoms. The molecule has 2 nitrogen and oxygen atoms in total. The molecule has 1 aromatic carbocycles. The predicted molar refractivity (Wildman–Crippen MR) is 61.7 cm³/mol. The van der Waals surface area contributed by atoms with Gasteiger partial charge in [-0.1, -0.05) is 30.3 Å². The lowest BCUT2D eigenvalue weighted by molar-refractivity contribution is -0.108. The van der Waals surface area contributed by atoms with Gasteiger partial charge in [0.15, 0.2) is 0 Å². The van der Waals surface area contributed by atoms with Crippen molar-refractivity contribution < 1.29 is 9.84 Å². The molecule has 15 heavy (non-hydrogen) atoms. The molecule has 0 saturated heterocycles. The van der Waals surface area contributed by atoms with Crippen molar-refractivity contribution in [2.75, 3.05) is 0 Å². The molecule has 2 heteroatoms. The van der Waals surface area contributed by atoms with E-state index in [-0.39, 0.29) is 11.7 Å². The van der Waals surface area contributed by atoms with Crippen LogP contribution in [0.25, 0.3) is 0 Å². The summed E-state index contributed by atoms with van der Waals surface area (Å²) in [6.45, 7) is 7.73. The minimum absolute atomic E-state index is 0.252. The molecule has 0 aliphatic rings. The fraction of sp³-hybridized carbons (Fsp3) is 0.538. The Labute approximate surface area is 91.9 Å². The van der Waals surface area contributed by atoms with Crippen LogP contribution in [0.4, 0.5) is 0 Å². The lowest BCUT2D eigenvalue weighted by Crippen LogP contribution is -2.28. The molecule has 0 saturated carbocycles. The number of ether oxygens (including phenoxy) is 1. The lowest BCUT2D eigenvalue weighted by Gasteiger charge is -2.29. The normalized spacial score (nSPS) is 16.1. The molecule has 0 fully saturated rings. The molecule has 0 radical (unpaired) electrons. The quantitative estimate of drug-likeness (QED) is 0.827. The molecular formula is C13H20O2. The summed E-state index contributed by atoms with van der Waals surface area (Å²) in [7, 11) is 0. The first-order chi connectivity index (χ1) is 6.90. The summed E-state index contributed by atoms with van der Waals surface area (Å²) in [5.41, 5.74) is 0.764. The second-order valence-corrected chi connectivity index (χ2v) is 4.80. The largest absolute Gasteiger partial charge is 0.390 e. The van der Waals surface area contributed by atoms with Crippen molar-refractivity contribution in [2.45, 2.75) is 45.5 Å². The first kappa shape index (κ1) is 12.2. The van der Waals surface area contributed by atoms with Gasteiger partial charge in [0.25, 0.3) is 0 Å². The molecule has 1 aromatic rings. The number of aliphatic hydroxyl groups excluding tert-OH is 1. The van der Waals surface area contributed by atoms with Crippen molar-refractivity contribution in [3.63, 3.8) is 0 Å². The van der Waals surface area contributed by atoms with Crippen LogP contribution in [0, 0.1) is 0 Å². The van der Waals surface area contributed by atoms with Crippen molar-refractivity contribution in [3.8, 4) is 0 Å². The summed E-state index contributed by atoms with van der Waals surface area (Å²) in [5, 5.41) is 9.70. The molecule has 0 aliphatic carbocycles. The van der Waals surface area contributed by atoms with Gasteiger partial charge in [0.05, 0.1) is 11.7 Å². The van der Waals surface area contributed by atoms with Crippen molar-refractivity contribution >= 4 is 0 Å². The third-order valence-electron chi connectivity index (χ3n) is 2.05. The van der Waals surface area contributed by atoms with Crippen LogP contribution in [-0.2, 0) is 4.74 Å². The first-order valence-corrected chi connectivity index (χ1v) is 5.31. The molecule has 84 valence electrons. The van der Waals surface area contributed by atoms with Gasteiger partial charge in [-0.2, -0.15) is 0 Å². The molecular weight excluding hydrogens is 188 g/mol. The van der Waals surface area contributed by atoms with Gasteiger partial charge in [0, 0.05) is 0 Å². The number of hydrogen-bond donors (Lipinski definition) is 1. The molecule has 1 rings (SSSR count). The Hall–Kier alpha value is -0.860. The second-order valence-electron chi connectivity index (χ2n) is 4.80. The maximum absolute atomic E-state index is 9.70. The second kappa shape index (κ2) is 4.77. The number of hydrogen-bond acceptors (Lipinski definition) is 2. The van der Waals surface area contributed by atoms with E-state index in [1.807, 2.05) is 51.1 Å². The zero-order chi connectivity index (χ0) is 11.5. The van der Waals surface area contributed by atoms with Gasteiger partial charge in [0.1, 0.15) is 6.10 Å². The Balaban J connectivity index is 2.85. The number of benzene rings is 1. The fourth-order valence-electron chi connectivity index (χ4n) is 1.47. The average molecular weight is 208 g/mol. The van der Waals surface area contributed by atoms with Gasteiger partial charge in [0.2, 0.25) is 0 Å². The Morgan fingerprint density at radius 2 is 1.67 bits per heavy atom. The van der Waals surface area contributed by atoms with Gasteiger partial charge in [-0.05, 0) is 33.3 Å². The molecule has 0 bridgehead atoms. The van der Waals surface area contributed by atoms with Crippen LogP contribution in [0.2, 0.25) is 0 Å². The van der Waals surface area contributed by atoms with Crippen molar-refractivity contribution in [2.24, 2.45) is 0 Å². The van der Waals surface area contributed by atoms with Crippen LogP contribution in [0.1, 0.15) is 39.4 Å². The maximum Gasteiger partial charge on any atom is 0.109 e. The molecule has 0 aromatic heterocycles. The summed E-state index contributed by atoms with van der Waals surface area (Å²) in [6.07, 6.45) is -0.766. The topological polar surface area (TPSA) is 29.5 Å². The zero-order valence-electron chi connectivity index (χ0n) is 9.90. The monoisotopic (exact) mass is 208 g/mol. The minimum atomic E-state index is -0.508. The summed E-state index contributed by atoms with van der Waals surface area (Å²) >= 11 is 0. The van der Waals surface area contributed by atoms with Crippen LogP contribution < -0.4 is 0 Å². The van der Waals surface area contributed by atoms with Crippen molar-refractivity contribution in [3.05, 3.63) is 35.9 Å². The summed E-state index contributed by atoms with van der Waals surface area (Å²) in [5.74, 6) is 0. The minimum Gasteiger partial charge on any atom is -0.390 e. The predicted octanol–water partition coefficient (Wildman–Crippen LogP) is 2.92. The summed E-state index contributed by atoms with van der Waals surface area (Å²) < 4.78 is 5.84. The lowest BCUT2D eigenvalue weighted by atomic mass is 10.0. The van der Waals surface area contributed by atoms with E-state index in [9.17, 15) is 5.11 Å². The standard InChI is InChI=1S/C13H20O2/c1-10(14)12(15-13(2,3)4)11-8-6-5-7-9-11/h5-10,12,14H,1-4H3. The van der Waals surface area contributed by atoms with E-state index in [1.165, 1.54) is 0 Å². The number of rotatable bonds is 3. The summed E-state index contributed by atoms with van der Waals surface area (Å²) in [4.78, 5) is 0. The van der Waals surface area contributed by atoms with E-state index in [4.69, 9.17) is 4.74 Å². The van der Waals surface area contributed by atoms with Crippen LogP contribution in [-0.4, -0.2) is 16.8 Å². The van der Waals surface area contributed by atoms with Crippen molar-refractivity contribution in [1.82, 2.24) is 0 Å². The zero-order valence-corrected chi connectivity index (χ0v) is 9.90. The van der Waals surface area contributed by atoms with Crippen LogP contribution in [0.3, 0.4) is 0 Å². The molecule has 2 atom stereocenters. The van der Waals surface area contributed by atoms with E-state index in [0.29, 0.717) is 0 Å². The highest BCUT2D eigenvalue weighted by Gasteiger charge is 2.23. The highest BCUT2D eigenvalue weighted by Crippen LogP contribution is 2.26. The van der Waals surface area contributed by atoms with Gasteiger partial charge in [-0.15, -0.1) is 0 Å². The number of aliphatic hydroxyl groups is 1. The smallest absolute Gasteiger partial charge is 0.109 e. The summed E-state index contributed by atoms with van der Waals surface area (Å²) in [6, 6.07) is 9.82. The van der Waals surface area contributed by atoms with Gasteiger partial charge in [-0.3, -0.25) is 0 Å². The van der Waals surface area contributed by atoms with Gasteiger partial charge < -0.3 is 9.84 Å². The van der Waals surface area contributed by atoms with E-state index in [0.717, 1.165) is 5.56 Å². The third-order valence-corrected chi connectivity index (χ3v) is 2.05. The average Bonchev–Trinajstić information content (AvgIpc) is 2.14. The molecule has 2 unspecified atom stereocenters. The Morgan fingerprint density at radius 3 is 2.07 bits per heavy atom. The molecule has 0 aliphatic heterocycles. The maximum atomic E-state index is 9.70. The van der Waals surface area contributed by atoms with Crippen molar-refractivity contribution in [1.29, 1.82) is 0 Å². The fourth-order valence-corrected chi connectivity index (χ4v) is 1.47. The first-order valence-electron chi connectivity index (χ1n) is 5.31. The van der Waals surface area contributed by atoms with E-state index < -0.39 is 6.10 Å². The molecule has 1 N–H and O–H groups in total.